The highest BCUT2D eigenvalue weighted by Gasteiger charge is 2.33. The molecule has 1 fully saturated rings. The van der Waals surface area contributed by atoms with Gasteiger partial charge in [0.1, 0.15) is 6.61 Å². The first-order chi connectivity index (χ1) is 11.3. The van der Waals surface area contributed by atoms with Gasteiger partial charge in [0.05, 0.1) is 6.04 Å². The van der Waals surface area contributed by atoms with Crippen LogP contribution in [0.25, 0.3) is 0 Å². The Labute approximate surface area is 139 Å². The average molecular weight is 315 g/mol. The minimum atomic E-state index is 0.301. The van der Waals surface area contributed by atoms with Crippen LogP contribution >= 0.6 is 0 Å². The van der Waals surface area contributed by atoms with Gasteiger partial charge in [0, 0.05) is 12.6 Å². The Morgan fingerprint density at radius 2 is 2.00 bits per heavy atom. The third-order valence-electron chi connectivity index (χ3n) is 5.03. The van der Waals surface area contributed by atoms with Gasteiger partial charge in [0.15, 0.2) is 0 Å². The monoisotopic (exact) mass is 315 g/mol. The van der Waals surface area contributed by atoms with Crippen molar-refractivity contribution in [2.45, 2.75) is 51.3 Å². The molecule has 2 atom stereocenters. The summed E-state index contributed by atoms with van der Waals surface area (Å²) in [7, 11) is 1.99. The van der Waals surface area contributed by atoms with E-state index in [2.05, 4.69) is 53.0 Å². The standard InChI is InChI=1S/C19H29N3O/c1-15(17-10-6-7-11-17)22-19(12-18(21-22)13-20-2)23-14-16-8-4-3-5-9-16/h3-5,8-9,12,15,17-18,20-21H,6-7,10-11,13-14H2,1-2H3. The zero-order chi connectivity index (χ0) is 16.1. The summed E-state index contributed by atoms with van der Waals surface area (Å²) < 4.78 is 6.16. The largest absolute Gasteiger partial charge is 0.473 e. The van der Waals surface area contributed by atoms with E-state index >= 15 is 0 Å². The quantitative estimate of drug-likeness (QED) is 0.811. The van der Waals surface area contributed by atoms with Crippen LogP contribution in [0.2, 0.25) is 0 Å². The van der Waals surface area contributed by atoms with Crippen LogP contribution in [0.5, 0.6) is 0 Å². The summed E-state index contributed by atoms with van der Waals surface area (Å²) in [4.78, 5) is 0. The molecule has 0 saturated heterocycles. The summed E-state index contributed by atoms with van der Waals surface area (Å²) in [6.45, 7) is 3.85. The highest BCUT2D eigenvalue weighted by atomic mass is 16.5. The molecule has 1 aliphatic heterocycles. The number of rotatable bonds is 7. The molecular formula is C19H29N3O. The molecule has 3 rings (SSSR count). The fourth-order valence-electron chi connectivity index (χ4n) is 3.67. The lowest BCUT2D eigenvalue weighted by Gasteiger charge is -2.33. The van der Waals surface area contributed by atoms with Gasteiger partial charge in [-0.3, -0.25) is 5.01 Å². The molecule has 0 spiro atoms. The normalized spacial score (nSPS) is 23.1. The van der Waals surface area contributed by atoms with Crippen LogP contribution in [0.15, 0.2) is 42.3 Å². The van der Waals surface area contributed by atoms with Gasteiger partial charge in [0.2, 0.25) is 5.88 Å². The number of ether oxygens (including phenoxy) is 1. The molecule has 0 aromatic heterocycles. The maximum atomic E-state index is 6.16. The topological polar surface area (TPSA) is 36.5 Å². The average Bonchev–Trinajstić information content (AvgIpc) is 3.23. The fourth-order valence-corrected chi connectivity index (χ4v) is 3.67. The smallest absolute Gasteiger partial charge is 0.202 e. The molecule has 4 heteroatoms. The van der Waals surface area contributed by atoms with E-state index in [1.807, 2.05) is 13.1 Å². The van der Waals surface area contributed by atoms with Crippen molar-refractivity contribution >= 4 is 0 Å². The molecule has 4 nitrogen and oxygen atoms in total. The second-order valence-corrected chi connectivity index (χ2v) is 6.73. The Hall–Kier alpha value is -1.52. The summed E-state index contributed by atoms with van der Waals surface area (Å²) in [5.41, 5.74) is 4.82. The minimum absolute atomic E-state index is 0.301. The van der Waals surface area contributed by atoms with Gasteiger partial charge in [-0.05, 0) is 44.4 Å². The predicted octanol–water partition coefficient (Wildman–Crippen LogP) is 3.03. The lowest BCUT2D eigenvalue weighted by molar-refractivity contribution is 0.0400. The lowest BCUT2D eigenvalue weighted by Crippen LogP contribution is -2.48. The number of hydrogen-bond donors (Lipinski definition) is 2. The van der Waals surface area contributed by atoms with Crippen molar-refractivity contribution in [1.29, 1.82) is 0 Å². The van der Waals surface area contributed by atoms with Gasteiger partial charge >= 0.3 is 0 Å². The second kappa shape index (κ2) is 7.84. The minimum Gasteiger partial charge on any atom is -0.473 e. The van der Waals surface area contributed by atoms with Crippen molar-refractivity contribution in [3.63, 3.8) is 0 Å². The van der Waals surface area contributed by atoms with E-state index in [9.17, 15) is 0 Å². The summed E-state index contributed by atoms with van der Waals surface area (Å²) >= 11 is 0. The lowest BCUT2D eigenvalue weighted by atomic mass is 9.99. The summed E-state index contributed by atoms with van der Waals surface area (Å²) in [5, 5.41) is 5.51. The summed E-state index contributed by atoms with van der Waals surface area (Å²) in [5.74, 6) is 1.74. The molecule has 1 aromatic carbocycles. The van der Waals surface area contributed by atoms with Crippen LogP contribution in [0.1, 0.15) is 38.2 Å². The zero-order valence-corrected chi connectivity index (χ0v) is 14.3. The highest BCUT2D eigenvalue weighted by molar-refractivity contribution is 5.15. The van der Waals surface area contributed by atoms with Gasteiger partial charge in [-0.15, -0.1) is 0 Å². The van der Waals surface area contributed by atoms with Crippen molar-refractivity contribution in [2.75, 3.05) is 13.6 Å². The van der Waals surface area contributed by atoms with Crippen LogP contribution in [0, 0.1) is 5.92 Å². The molecule has 1 aromatic rings. The molecule has 0 bridgehead atoms. The predicted molar refractivity (Wildman–Crippen MR) is 93.4 cm³/mol. The first kappa shape index (κ1) is 16.3. The molecule has 0 radical (unpaired) electrons. The molecule has 1 aliphatic carbocycles. The number of benzene rings is 1. The van der Waals surface area contributed by atoms with Crippen molar-refractivity contribution in [3.05, 3.63) is 47.9 Å². The number of likely N-dealkylation sites (N-methyl/N-ethyl adjacent to an activating group) is 1. The van der Waals surface area contributed by atoms with E-state index in [-0.39, 0.29) is 0 Å². The zero-order valence-electron chi connectivity index (χ0n) is 14.3. The van der Waals surface area contributed by atoms with Crippen LogP contribution in [0.4, 0.5) is 0 Å². The molecule has 0 amide bonds. The first-order valence-corrected chi connectivity index (χ1v) is 8.86. The Morgan fingerprint density at radius 3 is 2.70 bits per heavy atom. The van der Waals surface area contributed by atoms with Gasteiger partial charge in [-0.25, -0.2) is 5.43 Å². The summed E-state index contributed by atoms with van der Waals surface area (Å²) in [6, 6.07) is 11.1. The Bertz CT molecular complexity index is 511. The molecule has 2 aliphatic rings. The van der Waals surface area contributed by atoms with E-state index in [1.165, 1.54) is 31.2 Å². The maximum Gasteiger partial charge on any atom is 0.202 e. The van der Waals surface area contributed by atoms with Crippen molar-refractivity contribution < 1.29 is 4.74 Å². The number of nitrogens with one attached hydrogen (secondary N) is 2. The van der Waals surface area contributed by atoms with Crippen LogP contribution in [0.3, 0.4) is 0 Å². The van der Waals surface area contributed by atoms with E-state index < -0.39 is 0 Å². The van der Waals surface area contributed by atoms with Gasteiger partial charge in [-0.2, -0.15) is 0 Å². The molecular weight excluding hydrogens is 286 g/mol. The first-order valence-electron chi connectivity index (χ1n) is 8.86. The second-order valence-electron chi connectivity index (χ2n) is 6.73. The van der Waals surface area contributed by atoms with Crippen molar-refractivity contribution in [1.82, 2.24) is 15.8 Å². The van der Waals surface area contributed by atoms with Crippen LogP contribution in [-0.2, 0) is 11.3 Å². The molecule has 1 saturated carbocycles. The Balaban J connectivity index is 1.65. The SMILES string of the molecule is CNCC1C=C(OCc2ccccc2)N(C(C)C2CCCC2)N1. The van der Waals surface area contributed by atoms with Crippen LogP contribution < -0.4 is 10.7 Å². The van der Waals surface area contributed by atoms with Gasteiger partial charge in [0.25, 0.3) is 0 Å². The van der Waals surface area contributed by atoms with E-state index in [4.69, 9.17) is 4.74 Å². The fraction of sp³-hybridized carbons (Fsp3) is 0.579. The number of hydrazine groups is 1. The third kappa shape index (κ3) is 4.06. The van der Waals surface area contributed by atoms with Gasteiger partial charge < -0.3 is 10.1 Å². The summed E-state index contributed by atoms with van der Waals surface area (Å²) in [6.07, 6.45) is 7.62. The number of nitrogens with zero attached hydrogens (tertiary/aromatic N) is 1. The molecule has 2 unspecified atom stereocenters. The van der Waals surface area contributed by atoms with Crippen molar-refractivity contribution in [3.8, 4) is 0 Å². The Kier molecular flexibility index (Phi) is 5.57. The molecule has 1 heterocycles. The van der Waals surface area contributed by atoms with Crippen molar-refractivity contribution in [2.24, 2.45) is 5.92 Å². The molecule has 23 heavy (non-hydrogen) atoms. The maximum absolute atomic E-state index is 6.16. The van der Waals surface area contributed by atoms with E-state index in [0.717, 1.165) is 18.3 Å². The third-order valence-corrected chi connectivity index (χ3v) is 5.03. The number of hydrogen-bond acceptors (Lipinski definition) is 4. The molecule has 126 valence electrons. The Morgan fingerprint density at radius 1 is 1.26 bits per heavy atom. The molecule has 2 N–H and O–H groups in total. The highest BCUT2D eigenvalue weighted by Crippen LogP contribution is 2.32. The van der Waals surface area contributed by atoms with E-state index in [0.29, 0.717) is 18.7 Å². The van der Waals surface area contributed by atoms with E-state index in [1.54, 1.807) is 0 Å². The van der Waals surface area contributed by atoms with Crippen LogP contribution in [-0.4, -0.2) is 30.7 Å². The van der Waals surface area contributed by atoms with Gasteiger partial charge in [-0.1, -0.05) is 43.2 Å².